The molecule has 400 valence electrons. The molecule has 0 N–H and O–H groups in total. The molecule has 0 radical (unpaired) electrons. The molecule has 2 heterocycles. The number of furan rings is 1. The number of allylic oxidation sites excluding steroid dienone is 2. The number of nitrogens with zero attached hydrogens (tertiary/aromatic N) is 2. The Balaban J connectivity index is 0.981. The second-order valence-electron chi connectivity index (χ2n) is 24.2. The summed E-state index contributed by atoms with van der Waals surface area (Å²) >= 11 is 0. The molecule has 4 nitrogen and oxygen atoms in total. The molecular formula is C80H58N2O2. The third kappa shape index (κ3) is 7.07. The van der Waals surface area contributed by atoms with Gasteiger partial charge in [-0.25, -0.2) is 0 Å². The molecule has 2 unspecified atom stereocenters. The first-order valence-corrected chi connectivity index (χ1v) is 29.5. The quantitative estimate of drug-likeness (QED) is 0.142. The zero-order valence-corrected chi connectivity index (χ0v) is 47.3. The third-order valence-corrected chi connectivity index (χ3v) is 19.0. The number of benzene rings is 12. The van der Waals surface area contributed by atoms with Gasteiger partial charge in [-0.1, -0.05) is 210 Å². The van der Waals surface area contributed by atoms with E-state index in [1.54, 1.807) is 0 Å². The van der Waals surface area contributed by atoms with Crippen molar-refractivity contribution in [1.29, 1.82) is 0 Å². The zero-order chi connectivity index (χ0) is 56.0. The van der Waals surface area contributed by atoms with Crippen LogP contribution < -0.4 is 14.5 Å². The maximum Gasteiger partial charge on any atom is 0.159 e. The minimum atomic E-state index is -0.215. The van der Waals surface area contributed by atoms with E-state index in [2.05, 4.69) is 304 Å². The SMILES string of the molecule is CC1(C)c2ccccc2-c2ccc(-c3c4ccc(N(c5ccccc5)c5cccc6c5oc5ccccc56)cc4c(-c4ccc5c(c4)C(C)(C)c4ccccc4-5)c4ccc(N(c5ccccc5)c5cccc6c5OC5C=CC=CC65)cc34)cc21. The van der Waals surface area contributed by atoms with E-state index >= 15 is 0 Å². The summed E-state index contributed by atoms with van der Waals surface area (Å²) in [5.41, 5.74) is 24.0. The molecule has 0 saturated heterocycles. The highest BCUT2D eigenvalue weighted by Gasteiger charge is 2.39. The van der Waals surface area contributed by atoms with Gasteiger partial charge in [0.2, 0.25) is 0 Å². The number of ether oxygens (including phenoxy) is 1. The van der Waals surface area contributed by atoms with Gasteiger partial charge in [0.05, 0.1) is 11.4 Å². The Labute approximate surface area is 489 Å². The maximum atomic E-state index is 6.99. The molecule has 4 heteroatoms. The van der Waals surface area contributed by atoms with Crippen molar-refractivity contribution >= 4 is 77.6 Å². The molecule has 0 saturated carbocycles. The largest absolute Gasteiger partial charge is 0.483 e. The summed E-state index contributed by atoms with van der Waals surface area (Å²) in [6.45, 7) is 9.55. The second kappa shape index (κ2) is 18.2. The Morgan fingerprint density at radius 1 is 0.357 bits per heavy atom. The number of hydrogen-bond acceptors (Lipinski definition) is 4. The topological polar surface area (TPSA) is 28.9 Å². The van der Waals surface area contributed by atoms with Crippen molar-refractivity contribution in [2.45, 2.75) is 50.5 Å². The van der Waals surface area contributed by atoms with Crippen LogP contribution >= 0.6 is 0 Å². The van der Waals surface area contributed by atoms with E-state index in [9.17, 15) is 0 Å². The lowest BCUT2D eigenvalue weighted by atomic mass is 9.79. The van der Waals surface area contributed by atoms with Crippen LogP contribution in [0.3, 0.4) is 0 Å². The molecule has 84 heavy (non-hydrogen) atoms. The molecule has 0 fully saturated rings. The second-order valence-corrected chi connectivity index (χ2v) is 24.2. The summed E-state index contributed by atoms with van der Waals surface area (Å²) in [6, 6.07) is 90.1. The number of anilines is 6. The van der Waals surface area contributed by atoms with Crippen LogP contribution in [-0.2, 0) is 10.8 Å². The summed E-state index contributed by atoms with van der Waals surface area (Å²) in [5.74, 6) is 1.07. The molecule has 12 aromatic carbocycles. The molecule has 0 amide bonds. The Kier molecular flexibility index (Phi) is 10.5. The number of rotatable bonds is 8. The summed E-state index contributed by atoms with van der Waals surface area (Å²) in [7, 11) is 0. The van der Waals surface area contributed by atoms with E-state index in [4.69, 9.17) is 9.15 Å². The normalized spacial score (nSPS) is 16.3. The van der Waals surface area contributed by atoms with Crippen LogP contribution in [0.5, 0.6) is 5.75 Å². The summed E-state index contributed by atoms with van der Waals surface area (Å²) in [4.78, 5) is 4.80. The highest BCUT2D eigenvalue weighted by molar-refractivity contribution is 6.23. The number of fused-ring (bicyclic) bond motifs is 14. The maximum absolute atomic E-state index is 6.99. The van der Waals surface area contributed by atoms with Crippen LogP contribution in [0.1, 0.15) is 61.4 Å². The Morgan fingerprint density at radius 3 is 1.48 bits per heavy atom. The molecule has 1 aromatic heterocycles. The lowest BCUT2D eigenvalue weighted by Crippen LogP contribution is -2.16. The zero-order valence-electron chi connectivity index (χ0n) is 47.3. The van der Waals surface area contributed by atoms with E-state index in [1.807, 2.05) is 0 Å². The van der Waals surface area contributed by atoms with E-state index in [-0.39, 0.29) is 22.9 Å². The monoisotopic (exact) mass is 1080 g/mol. The summed E-state index contributed by atoms with van der Waals surface area (Å²) in [6.07, 6.45) is 8.67. The Bertz CT molecular complexity index is 4960. The van der Waals surface area contributed by atoms with E-state index < -0.39 is 0 Å². The third-order valence-electron chi connectivity index (χ3n) is 19.0. The van der Waals surface area contributed by atoms with E-state index in [0.29, 0.717) is 0 Å². The van der Waals surface area contributed by atoms with Crippen LogP contribution in [0.15, 0.2) is 271 Å². The van der Waals surface area contributed by atoms with Gasteiger partial charge >= 0.3 is 0 Å². The van der Waals surface area contributed by atoms with Crippen molar-refractivity contribution in [3.05, 3.63) is 295 Å². The molecule has 17 rings (SSSR count). The minimum absolute atomic E-state index is 0.0597. The fourth-order valence-electron chi connectivity index (χ4n) is 15.0. The predicted octanol–water partition coefficient (Wildman–Crippen LogP) is 21.7. The van der Waals surface area contributed by atoms with Crippen molar-refractivity contribution < 1.29 is 9.15 Å². The average molecular weight is 1080 g/mol. The molecule has 13 aromatic rings. The fraction of sp³-hybridized carbons (Fsp3) is 0.100. The van der Waals surface area contributed by atoms with Crippen molar-refractivity contribution in [3.8, 4) is 50.3 Å². The van der Waals surface area contributed by atoms with Crippen LogP contribution in [0.2, 0.25) is 0 Å². The fourth-order valence-corrected chi connectivity index (χ4v) is 15.0. The van der Waals surface area contributed by atoms with Crippen LogP contribution in [0, 0.1) is 0 Å². The highest BCUT2D eigenvalue weighted by Crippen LogP contribution is 2.56. The smallest absolute Gasteiger partial charge is 0.159 e. The van der Waals surface area contributed by atoms with Crippen molar-refractivity contribution in [2.75, 3.05) is 9.80 Å². The van der Waals surface area contributed by atoms with Gasteiger partial charge < -0.3 is 19.0 Å². The highest BCUT2D eigenvalue weighted by atomic mass is 16.5. The number of para-hydroxylation sites is 5. The van der Waals surface area contributed by atoms with Crippen molar-refractivity contribution in [2.24, 2.45) is 0 Å². The molecular weight excluding hydrogens is 1020 g/mol. The molecule has 4 aliphatic rings. The first-order valence-electron chi connectivity index (χ1n) is 29.5. The molecule has 2 atom stereocenters. The first kappa shape index (κ1) is 48.5. The Hall–Kier alpha value is -10.2. The molecule has 1 aliphatic heterocycles. The average Bonchev–Trinajstić information content (AvgIpc) is 1.71. The first-order chi connectivity index (χ1) is 41.2. The predicted molar refractivity (Wildman–Crippen MR) is 350 cm³/mol. The van der Waals surface area contributed by atoms with Crippen LogP contribution in [0.4, 0.5) is 34.1 Å². The van der Waals surface area contributed by atoms with Crippen LogP contribution in [-0.4, -0.2) is 6.10 Å². The standard InChI is InChI=1S/C80H58N2O2/c1-79(2)67-31-15-11-25-55(67)57-41-37-49(45-69(57)79)75-61-43-39-54(82(52-23-9-6-10-24-52)72-34-20-30-64-60-28-14-18-36-74(60)84-78(64)72)48-66(61)76(50-38-42-58-56-26-12-16-32-68(56)80(3,4)70(58)46-50)62-44-40-53(47-65(62)75)81(51-21-7-5-8-22-51)71-33-19-29-63-59-27-13-17-35-73(59)83-77(63)71/h5-48,59,73H,1-4H3. The van der Waals surface area contributed by atoms with Crippen LogP contribution in [0.25, 0.3) is 88.0 Å². The van der Waals surface area contributed by atoms with Gasteiger partial charge in [0, 0.05) is 55.8 Å². The number of hydrogen-bond donors (Lipinski definition) is 0. The van der Waals surface area contributed by atoms with E-state index in [0.717, 1.165) is 67.2 Å². The van der Waals surface area contributed by atoms with Gasteiger partial charge in [-0.2, -0.15) is 0 Å². The summed E-state index contributed by atoms with van der Waals surface area (Å²) < 4.78 is 13.9. The lowest BCUT2D eigenvalue weighted by molar-refractivity contribution is 0.269. The van der Waals surface area contributed by atoms with Gasteiger partial charge in [0.15, 0.2) is 5.58 Å². The lowest BCUT2D eigenvalue weighted by Gasteiger charge is -2.29. The van der Waals surface area contributed by atoms with Crippen molar-refractivity contribution in [1.82, 2.24) is 0 Å². The molecule has 0 spiro atoms. The molecule has 3 aliphatic carbocycles. The van der Waals surface area contributed by atoms with Gasteiger partial charge in [-0.15, -0.1) is 0 Å². The Morgan fingerprint density at radius 2 is 0.857 bits per heavy atom. The van der Waals surface area contributed by atoms with Gasteiger partial charge in [-0.05, 0) is 173 Å². The van der Waals surface area contributed by atoms with Gasteiger partial charge in [-0.3, -0.25) is 0 Å². The van der Waals surface area contributed by atoms with Crippen molar-refractivity contribution in [3.63, 3.8) is 0 Å². The molecule has 0 bridgehead atoms. The van der Waals surface area contributed by atoms with Gasteiger partial charge in [0.1, 0.15) is 17.4 Å². The van der Waals surface area contributed by atoms with E-state index in [1.165, 1.54) is 88.5 Å². The summed E-state index contributed by atoms with van der Waals surface area (Å²) in [5, 5.41) is 6.85. The van der Waals surface area contributed by atoms with Gasteiger partial charge in [0.25, 0.3) is 0 Å². The minimum Gasteiger partial charge on any atom is -0.483 e.